The lowest BCUT2D eigenvalue weighted by molar-refractivity contribution is 1.12. The third-order valence-electron chi connectivity index (χ3n) is 1.90. The van der Waals surface area contributed by atoms with Crippen LogP contribution in [-0.2, 0) is 0 Å². The van der Waals surface area contributed by atoms with E-state index in [9.17, 15) is 0 Å². The second kappa shape index (κ2) is 2.70. The summed E-state index contributed by atoms with van der Waals surface area (Å²) in [6.45, 7) is 0. The number of nitrogens with zero attached hydrogens (tertiary/aromatic N) is 1. The van der Waals surface area contributed by atoms with E-state index in [4.69, 9.17) is 0 Å². The van der Waals surface area contributed by atoms with E-state index in [1.54, 1.807) is 0 Å². The van der Waals surface area contributed by atoms with E-state index < -0.39 is 0 Å². The summed E-state index contributed by atoms with van der Waals surface area (Å²) in [5.74, 6) is 0. The van der Waals surface area contributed by atoms with Crippen LogP contribution in [0.15, 0.2) is 39.4 Å². The van der Waals surface area contributed by atoms with E-state index in [1.165, 1.54) is 11.1 Å². The summed E-state index contributed by atoms with van der Waals surface area (Å²) in [6.07, 6.45) is 10.0. The number of hydrogen-bond acceptors (Lipinski definition) is 2. The van der Waals surface area contributed by atoms with Crippen LogP contribution in [0.4, 0.5) is 0 Å². The molecule has 0 bridgehead atoms. The van der Waals surface area contributed by atoms with Gasteiger partial charge in [0, 0.05) is 23.7 Å². The molecule has 1 aliphatic carbocycles. The summed E-state index contributed by atoms with van der Waals surface area (Å²) >= 11 is 4.30. The SMILES string of the molecule is SC1=CN=CC2=C(CC=C2)C1. The van der Waals surface area contributed by atoms with Crippen molar-refractivity contribution in [1.82, 2.24) is 0 Å². The van der Waals surface area contributed by atoms with Crippen molar-refractivity contribution in [1.29, 1.82) is 0 Å². The maximum Gasteiger partial charge on any atom is 0.0363 e. The first-order chi connectivity index (χ1) is 5.36. The molecule has 1 aliphatic heterocycles. The van der Waals surface area contributed by atoms with Crippen LogP contribution < -0.4 is 0 Å². The molecule has 0 saturated carbocycles. The zero-order valence-electron chi connectivity index (χ0n) is 6.12. The lowest BCUT2D eigenvalue weighted by atomic mass is 10.1. The minimum absolute atomic E-state index is 0.964. The standard InChI is InChI=1S/C9H9NS/c11-9-4-7-2-1-3-8(7)5-10-6-9/h1,3,5-6,11H,2,4H2. The van der Waals surface area contributed by atoms with Crippen LogP contribution in [0.2, 0.25) is 0 Å². The lowest BCUT2D eigenvalue weighted by Crippen LogP contribution is -1.83. The van der Waals surface area contributed by atoms with Crippen molar-refractivity contribution in [2.75, 3.05) is 0 Å². The van der Waals surface area contributed by atoms with Gasteiger partial charge in [0.2, 0.25) is 0 Å². The molecule has 1 heterocycles. The summed E-state index contributed by atoms with van der Waals surface area (Å²) in [6, 6.07) is 0. The molecule has 11 heavy (non-hydrogen) atoms. The molecule has 0 atom stereocenters. The van der Waals surface area contributed by atoms with Crippen LogP contribution in [0.25, 0.3) is 0 Å². The van der Waals surface area contributed by atoms with Crippen molar-refractivity contribution in [2.45, 2.75) is 12.8 Å². The molecule has 0 aromatic heterocycles. The quantitative estimate of drug-likeness (QED) is 0.527. The van der Waals surface area contributed by atoms with Gasteiger partial charge in [-0.3, -0.25) is 4.99 Å². The van der Waals surface area contributed by atoms with Crippen molar-refractivity contribution in [3.8, 4) is 0 Å². The topological polar surface area (TPSA) is 12.4 Å². The molecule has 0 amide bonds. The Hall–Kier alpha value is -0.760. The molecular formula is C9H9NS. The molecule has 0 N–H and O–H groups in total. The fraction of sp³-hybridized carbons (Fsp3) is 0.222. The Morgan fingerprint density at radius 2 is 2.36 bits per heavy atom. The molecule has 0 spiro atoms. The fourth-order valence-corrected chi connectivity index (χ4v) is 1.60. The first-order valence-corrected chi connectivity index (χ1v) is 4.11. The molecular weight excluding hydrogens is 154 g/mol. The van der Waals surface area contributed by atoms with E-state index in [2.05, 4.69) is 29.8 Å². The Balaban J connectivity index is 2.35. The van der Waals surface area contributed by atoms with Crippen LogP contribution >= 0.6 is 12.6 Å². The van der Waals surface area contributed by atoms with E-state index >= 15 is 0 Å². The Bertz CT molecular complexity index is 295. The van der Waals surface area contributed by atoms with Gasteiger partial charge < -0.3 is 0 Å². The van der Waals surface area contributed by atoms with Crippen molar-refractivity contribution >= 4 is 18.8 Å². The Labute approximate surface area is 71.6 Å². The summed E-state index contributed by atoms with van der Waals surface area (Å²) < 4.78 is 0. The first kappa shape index (κ1) is 6.92. The molecule has 2 heteroatoms. The van der Waals surface area contributed by atoms with Crippen LogP contribution in [0.5, 0.6) is 0 Å². The van der Waals surface area contributed by atoms with Gasteiger partial charge in [-0.25, -0.2) is 0 Å². The van der Waals surface area contributed by atoms with Crippen molar-refractivity contribution < 1.29 is 0 Å². The maximum absolute atomic E-state index is 4.30. The Morgan fingerprint density at radius 1 is 1.45 bits per heavy atom. The summed E-state index contributed by atoms with van der Waals surface area (Å²) in [7, 11) is 0. The minimum atomic E-state index is 0.964. The normalized spacial score (nSPS) is 21.7. The number of hydrogen-bond donors (Lipinski definition) is 1. The molecule has 2 aliphatic rings. The van der Waals surface area contributed by atoms with E-state index in [0.29, 0.717) is 0 Å². The number of aliphatic imine (C=N–C) groups is 1. The number of allylic oxidation sites excluding steroid dienone is 5. The molecule has 56 valence electrons. The first-order valence-electron chi connectivity index (χ1n) is 3.66. The third-order valence-corrected chi connectivity index (χ3v) is 2.18. The van der Waals surface area contributed by atoms with Gasteiger partial charge in [-0.1, -0.05) is 17.7 Å². The highest BCUT2D eigenvalue weighted by Gasteiger charge is 2.09. The second-order valence-corrected chi connectivity index (χ2v) is 3.32. The molecule has 0 fully saturated rings. The van der Waals surface area contributed by atoms with Gasteiger partial charge in [0.05, 0.1) is 0 Å². The Kier molecular flexibility index (Phi) is 1.70. The predicted molar refractivity (Wildman–Crippen MR) is 51.0 cm³/mol. The second-order valence-electron chi connectivity index (χ2n) is 2.74. The monoisotopic (exact) mass is 163 g/mol. The van der Waals surface area contributed by atoms with Crippen LogP contribution in [0.1, 0.15) is 12.8 Å². The highest BCUT2D eigenvalue weighted by atomic mass is 32.1. The van der Waals surface area contributed by atoms with Gasteiger partial charge in [0.15, 0.2) is 0 Å². The van der Waals surface area contributed by atoms with Crippen molar-refractivity contribution in [2.24, 2.45) is 4.99 Å². The molecule has 0 aromatic rings. The van der Waals surface area contributed by atoms with Crippen LogP contribution in [-0.4, -0.2) is 6.21 Å². The highest BCUT2D eigenvalue weighted by Crippen LogP contribution is 2.27. The minimum Gasteiger partial charge on any atom is -0.263 e. The largest absolute Gasteiger partial charge is 0.263 e. The molecule has 1 nitrogen and oxygen atoms in total. The lowest BCUT2D eigenvalue weighted by Gasteiger charge is -1.99. The predicted octanol–water partition coefficient (Wildman–Crippen LogP) is 2.49. The van der Waals surface area contributed by atoms with Gasteiger partial charge in [-0.2, -0.15) is 0 Å². The number of rotatable bonds is 0. The third kappa shape index (κ3) is 1.31. The zero-order valence-corrected chi connectivity index (χ0v) is 7.01. The molecule has 0 saturated heterocycles. The van der Waals surface area contributed by atoms with E-state index in [1.807, 2.05) is 12.4 Å². The smallest absolute Gasteiger partial charge is 0.0363 e. The number of thiol groups is 1. The van der Waals surface area contributed by atoms with Gasteiger partial charge >= 0.3 is 0 Å². The zero-order chi connectivity index (χ0) is 7.68. The van der Waals surface area contributed by atoms with Crippen molar-refractivity contribution in [3.63, 3.8) is 0 Å². The van der Waals surface area contributed by atoms with E-state index in [-0.39, 0.29) is 0 Å². The molecule has 0 unspecified atom stereocenters. The van der Waals surface area contributed by atoms with Gasteiger partial charge in [-0.05, 0) is 12.0 Å². The van der Waals surface area contributed by atoms with Crippen LogP contribution in [0, 0.1) is 0 Å². The average molecular weight is 163 g/mol. The Morgan fingerprint density at radius 3 is 3.27 bits per heavy atom. The van der Waals surface area contributed by atoms with Gasteiger partial charge in [0.1, 0.15) is 0 Å². The summed E-state index contributed by atoms with van der Waals surface area (Å²) in [5, 5.41) is 0. The summed E-state index contributed by atoms with van der Waals surface area (Å²) in [5.41, 5.74) is 2.71. The van der Waals surface area contributed by atoms with Crippen LogP contribution in [0.3, 0.4) is 0 Å². The maximum atomic E-state index is 4.30. The van der Waals surface area contributed by atoms with Crippen molar-refractivity contribution in [3.05, 3.63) is 34.4 Å². The fourth-order valence-electron chi connectivity index (χ4n) is 1.34. The van der Waals surface area contributed by atoms with E-state index in [0.717, 1.165) is 17.7 Å². The molecule has 0 aromatic carbocycles. The van der Waals surface area contributed by atoms with Gasteiger partial charge in [-0.15, -0.1) is 12.6 Å². The average Bonchev–Trinajstić information content (AvgIpc) is 2.31. The molecule has 2 rings (SSSR count). The molecule has 0 radical (unpaired) electrons. The summed E-state index contributed by atoms with van der Waals surface area (Å²) in [4.78, 5) is 5.17. The highest BCUT2D eigenvalue weighted by molar-refractivity contribution is 7.84. The van der Waals surface area contributed by atoms with Gasteiger partial charge in [0.25, 0.3) is 0 Å².